The van der Waals surface area contributed by atoms with Gasteiger partial charge in [-0.05, 0) is 12.8 Å². The molecule has 2 atom stereocenters. The third kappa shape index (κ3) is 2.49. The van der Waals surface area contributed by atoms with Crippen molar-refractivity contribution < 1.29 is 26.3 Å². The van der Waals surface area contributed by atoms with Gasteiger partial charge >= 0.3 is 12.4 Å². The molecule has 0 aromatic rings. The molecule has 0 aromatic heterocycles. The van der Waals surface area contributed by atoms with E-state index in [2.05, 4.69) is 0 Å². The molecule has 0 saturated carbocycles. The van der Waals surface area contributed by atoms with Crippen LogP contribution in [0.2, 0.25) is 0 Å². The maximum absolute atomic E-state index is 11.9. The van der Waals surface area contributed by atoms with Crippen molar-refractivity contribution in [2.75, 3.05) is 0 Å². The molecule has 0 bridgehead atoms. The fourth-order valence-electron chi connectivity index (χ4n) is 1.26. The number of rotatable bonds is 0. The highest BCUT2D eigenvalue weighted by Gasteiger charge is 2.51. The lowest BCUT2D eigenvalue weighted by molar-refractivity contribution is -0.171. The largest absolute Gasteiger partial charge is 0.403 e. The smallest absolute Gasteiger partial charge is 0.295 e. The molecule has 0 unspecified atom stereocenters. The van der Waals surface area contributed by atoms with Crippen molar-refractivity contribution in [3.05, 3.63) is 0 Å². The van der Waals surface area contributed by atoms with E-state index in [9.17, 15) is 26.3 Å². The van der Waals surface area contributed by atoms with Crippen LogP contribution in [-0.4, -0.2) is 24.4 Å². The van der Waals surface area contributed by atoms with Gasteiger partial charge in [-0.15, -0.1) is 0 Å². The van der Waals surface area contributed by atoms with Gasteiger partial charge in [-0.25, -0.2) is 0 Å². The molecule has 1 aliphatic rings. The van der Waals surface area contributed by atoms with Crippen LogP contribution in [0, 0.1) is 0 Å². The molecule has 1 N–H and O–H groups in total. The van der Waals surface area contributed by atoms with E-state index in [1.807, 2.05) is 0 Å². The molecule has 0 aliphatic carbocycles. The first-order valence-corrected chi connectivity index (χ1v) is 3.61. The van der Waals surface area contributed by atoms with Gasteiger partial charge in [-0.3, -0.25) is 5.32 Å². The van der Waals surface area contributed by atoms with Crippen LogP contribution in [0.25, 0.3) is 0 Å². The molecule has 0 spiro atoms. The molecule has 1 nitrogen and oxygen atoms in total. The lowest BCUT2D eigenvalue weighted by atomic mass is 10.2. The first-order chi connectivity index (χ1) is 5.71. The predicted octanol–water partition coefficient (Wildman–Crippen LogP) is 2.23. The van der Waals surface area contributed by atoms with Gasteiger partial charge in [0.25, 0.3) is 0 Å². The second-order valence-corrected chi connectivity index (χ2v) is 2.93. The zero-order valence-corrected chi connectivity index (χ0v) is 6.34. The van der Waals surface area contributed by atoms with E-state index in [4.69, 9.17) is 0 Å². The summed E-state index contributed by atoms with van der Waals surface area (Å²) in [4.78, 5) is 0. The number of hydrogen-bond acceptors (Lipinski definition) is 1. The molecule has 0 amide bonds. The Morgan fingerprint density at radius 2 is 1.08 bits per heavy atom. The Kier molecular flexibility index (Phi) is 2.48. The van der Waals surface area contributed by atoms with Gasteiger partial charge in [0.15, 0.2) is 0 Å². The van der Waals surface area contributed by atoms with E-state index in [0.717, 1.165) is 0 Å². The number of nitrogens with one attached hydrogen (secondary N) is 1. The normalized spacial score (nSPS) is 30.9. The summed E-state index contributed by atoms with van der Waals surface area (Å²) in [6.07, 6.45) is -10.2. The quantitative estimate of drug-likeness (QED) is 0.600. The predicted molar refractivity (Wildman–Crippen MR) is 32.1 cm³/mol. The van der Waals surface area contributed by atoms with E-state index >= 15 is 0 Å². The minimum absolute atomic E-state index is 0.506. The monoisotopic (exact) mass is 207 g/mol. The van der Waals surface area contributed by atoms with Gasteiger partial charge in [0.05, 0.1) is 0 Å². The summed E-state index contributed by atoms with van der Waals surface area (Å²) in [7, 11) is 0. The van der Waals surface area contributed by atoms with Crippen LogP contribution in [-0.2, 0) is 0 Å². The van der Waals surface area contributed by atoms with E-state index in [1.54, 1.807) is 0 Å². The van der Waals surface area contributed by atoms with Crippen molar-refractivity contribution in [1.29, 1.82) is 0 Å². The molecule has 0 aromatic carbocycles. The fraction of sp³-hybridized carbons (Fsp3) is 1.00. The summed E-state index contributed by atoms with van der Waals surface area (Å²) in [6.45, 7) is 0. The molecule has 0 radical (unpaired) electrons. The average molecular weight is 207 g/mol. The molecule has 13 heavy (non-hydrogen) atoms. The van der Waals surface area contributed by atoms with Crippen molar-refractivity contribution in [3.63, 3.8) is 0 Å². The van der Waals surface area contributed by atoms with Gasteiger partial charge in [-0.1, -0.05) is 0 Å². The Morgan fingerprint density at radius 3 is 1.23 bits per heavy atom. The summed E-state index contributed by atoms with van der Waals surface area (Å²) in [5.41, 5.74) is 0. The van der Waals surface area contributed by atoms with E-state index < -0.39 is 37.3 Å². The highest BCUT2D eigenvalue weighted by atomic mass is 19.4. The topological polar surface area (TPSA) is 12.0 Å². The maximum Gasteiger partial charge on any atom is 0.403 e. The first kappa shape index (κ1) is 10.6. The second-order valence-electron chi connectivity index (χ2n) is 2.93. The molecular weight excluding hydrogens is 200 g/mol. The van der Waals surface area contributed by atoms with E-state index in [-0.39, 0.29) is 0 Å². The van der Waals surface area contributed by atoms with Crippen molar-refractivity contribution in [2.45, 2.75) is 37.3 Å². The Hall–Kier alpha value is -0.460. The lowest BCUT2D eigenvalue weighted by Crippen LogP contribution is -2.45. The molecule has 1 fully saturated rings. The SMILES string of the molecule is FC(F)(F)[C@@H]1CC[C@@H](C(F)(F)F)N1. The zero-order chi connectivity index (χ0) is 10.3. The summed E-state index contributed by atoms with van der Waals surface area (Å²) >= 11 is 0. The maximum atomic E-state index is 11.9. The van der Waals surface area contributed by atoms with Crippen molar-refractivity contribution in [1.82, 2.24) is 5.32 Å². The van der Waals surface area contributed by atoms with Gasteiger partial charge in [0.1, 0.15) is 12.1 Å². The minimum Gasteiger partial charge on any atom is -0.295 e. The second kappa shape index (κ2) is 3.04. The van der Waals surface area contributed by atoms with Crippen molar-refractivity contribution in [2.24, 2.45) is 0 Å². The van der Waals surface area contributed by atoms with Crippen molar-refractivity contribution >= 4 is 0 Å². The van der Waals surface area contributed by atoms with Gasteiger partial charge in [0, 0.05) is 0 Å². The highest BCUT2D eigenvalue weighted by molar-refractivity contribution is 4.91. The van der Waals surface area contributed by atoms with E-state index in [0.29, 0.717) is 0 Å². The third-order valence-corrected chi connectivity index (χ3v) is 1.94. The van der Waals surface area contributed by atoms with Crippen LogP contribution in [0.5, 0.6) is 0 Å². The number of halogens is 6. The molecule has 1 aliphatic heterocycles. The zero-order valence-electron chi connectivity index (χ0n) is 6.34. The van der Waals surface area contributed by atoms with Crippen LogP contribution >= 0.6 is 0 Å². The lowest BCUT2D eigenvalue weighted by Gasteiger charge is -2.18. The van der Waals surface area contributed by atoms with Gasteiger partial charge in [-0.2, -0.15) is 26.3 Å². The molecule has 1 heterocycles. The van der Waals surface area contributed by atoms with Gasteiger partial charge in [0.2, 0.25) is 0 Å². The molecule has 1 rings (SSSR count). The van der Waals surface area contributed by atoms with Crippen LogP contribution in [0.15, 0.2) is 0 Å². The summed E-state index contributed by atoms with van der Waals surface area (Å²) in [6, 6.07) is -4.03. The standard InChI is InChI=1S/C6H7F6N/c7-5(8,9)3-1-2-4(13-3)6(10,11)12/h3-4,13H,1-2H2/t3-,4-/m0/s1. The van der Waals surface area contributed by atoms with Gasteiger partial charge < -0.3 is 0 Å². The summed E-state index contributed by atoms with van der Waals surface area (Å²) in [5.74, 6) is 0. The summed E-state index contributed by atoms with van der Waals surface area (Å²) < 4.78 is 71.4. The molecule has 78 valence electrons. The number of alkyl halides is 6. The van der Waals surface area contributed by atoms with E-state index in [1.165, 1.54) is 5.32 Å². The van der Waals surface area contributed by atoms with Crippen LogP contribution in [0.3, 0.4) is 0 Å². The molecule has 1 saturated heterocycles. The van der Waals surface area contributed by atoms with Crippen LogP contribution in [0.4, 0.5) is 26.3 Å². The Bertz CT molecular complexity index is 163. The highest BCUT2D eigenvalue weighted by Crippen LogP contribution is 2.34. The minimum atomic E-state index is -4.58. The Labute approximate surface area is 70.1 Å². The van der Waals surface area contributed by atoms with Crippen LogP contribution in [0.1, 0.15) is 12.8 Å². The molecular formula is C6H7F6N. The van der Waals surface area contributed by atoms with Crippen LogP contribution < -0.4 is 5.32 Å². The average Bonchev–Trinajstić information content (AvgIpc) is 2.28. The Balaban J connectivity index is 2.55. The number of hydrogen-bond donors (Lipinski definition) is 1. The first-order valence-electron chi connectivity index (χ1n) is 3.61. The fourth-order valence-corrected chi connectivity index (χ4v) is 1.26. The summed E-state index contributed by atoms with van der Waals surface area (Å²) in [5, 5.41) is 1.52. The third-order valence-electron chi connectivity index (χ3n) is 1.94. The Morgan fingerprint density at radius 1 is 0.769 bits per heavy atom. The molecule has 7 heteroatoms. The van der Waals surface area contributed by atoms with Crippen molar-refractivity contribution in [3.8, 4) is 0 Å².